The maximum absolute atomic E-state index is 2.33. The fourth-order valence-corrected chi connectivity index (χ4v) is 1.55. The number of hydrogen-bond donors (Lipinski definition) is 0. The quantitative estimate of drug-likeness (QED) is 0.561. The van der Waals surface area contributed by atoms with E-state index in [1.165, 1.54) is 37.7 Å². The minimum Gasteiger partial charge on any atom is -0.0733 e. The summed E-state index contributed by atoms with van der Waals surface area (Å²) >= 11 is 0. The number of allylic oxidation sites excluding steroid dienone is 4. The third kappa shape index (κ3) is 2.92. The molecule has 1 aliphatic rings. The maximum Gasteiger partial charge on any atom is -0.0314 e. The topological polar surface area (TPSA) is 0 Å². The average molecular weight is 150 g/mol. The second-order valence-electron chi connectivity index (χ2n) is 3.44. The molecule has 0 heteroatoms. The predicted octanol–water partition coefficient (Wildman–Crippen LogP) is 3.84. The molecule has 1 aliphatic carbocycles. The normalized spacial score (nSPS) is 18.7. The van der Waals surface area contributed by atoms with Crippen molar-refractivity contribution in [2.24, 2.45) is 0 Å². The number of hydrogen-bond acceptors (Lipinski definition) is 0. The van der Waals surface area contributed by atoms with Crippen LogP contribution >= 0.6 is 0 Å². The van der Waals surface area contributed by atoms with E-state index in [0.29, 0.717) is 0 Å². The lowest BCUT2D eigenvalue weighted by atomic mass is 10.1. The van der Waals surface area contributed by atoms with E-state index in [1.54, 1.807) is 5.57 Å². The summed E-state index contributed by atoms with van der Waals surface area (Å²) in [6, 6.07) is 0. The fourth-order valence-electron chi connectivity index (χ4n) is 1.55. The van der Waals surface area contributed by atoms with Crippen LogP contribution in [0, 0.1) is 0 Å². The lowest BCUT2D eigenvalue weighted by Gasteiger charge is -2.01. The third-order valence-electron chi connectivity index (χ3n) is 2.24. The SMILES string of the molecule is CCCC1=CC=C(C)CCC1. The molecule has 0 nitrogen and oxygen atoms in total. The van der Waals surface area contributed by atoms with E-state index in [1.807, 2.05) is 0 Å². The van der Waals surface area contributed by atoms with Crippen LogP contribution in [-0.2, 0) is 0 Å². The lowest BCUT2D eigenvalue weighted by molar-refractivity contribution is 0.763. The van der Waals surface area contributed by atoms with Gasteiger partial charge in [-0.15, -0.1) is 0 Å². The van der Waals surface area contributed by atoms with Gasteiger partial charge in [-0.2, -0.15) is 0 Å². The summed E-state index contributed by atoms with van der Waals surface area (Å²) in [5.74, 6) is 0. The van der Waals surface area contributed by atoms with Gasteiger partial charge >= 0.3 is 0 Å². The van der Waals surface area contributed by atoms with Gasteiger partial charge in [0.15, 0.2) is 0 Å². The maximum atomic E-state index is 2.33. The molecule has 11 heavy (non-hydrogen) atoms. The summed E-state index contributed by atoms with van der Waals surface area (Å²) in [6.45, 7) is 4.48. The predicted molar refractivity (Wildman–Crippen MR) is 50.6 cm³/mol. The van der Waals surface area contributed by atoms with Gasteiger partial charge in [-0.05, 0) is 32.6 Å². The highest BCUT2D eigenvalue weighted by atomic mass is 14.1. The summed E-state index contributed by atoms with van der Waals surface area (Å²) in [4.78, 5) is 0. The molecule has 0 heterocycles. The first-order valence-electron chi connectivity index (χ1n) is 4.68. The van der Waals surface area contributed by atoms with E-state index in [9.17, 15) is 0 Å². The molecule has 0 amide bonds. The second-order valence-corrected chi connectivity index (χ2v) is 3.44. The van der Waals surface area contributed by atoms with Crippen LogP contribution in [0.15, 0.2) is 23.3 Å². The molecule has 0 spiro atoms. The molecule has 0 aromatic rings. The highest BCUT2D eigenvalue weighted by Gasteiger charge is 2.00. The van der Waals surface area contributed by atoms with Gasteiger partial charge in [0.1, 0.15) is 0 Å². The van der Waals surface area contributed by atoms with Gasteiger partial charge < -0.3 is 0 Å². The van der Waals surface area contributed by atoms with Crippen LogP contribution in [0.3, 0.4) is 0 Å². The van der Waals surface area contributed by atoms with Gasteiger partial charge in [-0.1, -0.05) is 36.6 Å². The van der Waals surface area contributed by atoms with Crippen molar-refractivity contribution in [1.82, 2.24) is 0 Å². The van der Waals surface area contributed by atoms with Gasteiger partial charge in [-0.3, -0.25) is 0 Å². The van der Waals surface area contributed by atoms with Gasteiger partial charge in [0.05, 0.1) is 0 Å². The first-order valence-corrected chi connectivity index (χ1v) is 4.68. The summed E-state index contributed by atoms with van der Waals surface area (Å²) in [5.41, 5.74) is 3.18. The van der Waals surface area contributed by atoms with Crippen molar-refractivity contribution in [2.75, 3.05) is 0 Å². The molecule has 0 N–H and O–H groups in total. The molecule has 0 saturated carbocycles. The molecule has 62 valence electrons. The van der Waals surface area contributed by atoms with Crippen LogP contribution in [0.1, 0.15) is 46.0 Å². The highest BCUT2D eigenvalue weighted by molar-refractivity contribution is 5.19. The smallest absolute Gasteiger partial charge is 0.0314 e. The second kappa shape index (κ2) is 4.38. The molecule has 0 bridgehead atoms. The zero-order chi connectivity index (χ0) is 8.10. The summed E-state index contributed by atoms with van der Waals surface area (Å²) in [6.07, 6.45) is 11.2. The highest BCUT2D eigenvalue weighted by Crippen LogP contribution is 2.20. The molecule has 0 saturated heterocycles. The Bertz CT molecular complexity index is 168. The first-order chi connectivity index (χ1) is 5.33. The Labute approximate surface area is 70.0 Å². The molecule has 0 aromatic heterocycles. The summed E-state index contributed by atoms with van der Waals surface area (Å²) < 4.78 is 0. The van der Waals surface area contributed by atoms with Crippen molar-refractivity contribution in [3.8, 4) is 0 Å². The monoisotopic (exact) mass is 150 g/mol. The Kier molecular flexibility index (Phi) is 3.41. The van der Waals surface area contributed by atoms with Crippen molar-refractivity contribution in [3.05, 3.63) is 23.3 Å². The molecular weight excluding hydrogens is 132 g/mol. The molecule has 1 rings (SSSR count). The van der Waals surface area contributed by atoms with E-state index in [0.717, 1.165) is 0 Å². The molecule has 0 radical (unpaired) electrons. The zero-order valence-electron chi connectivity index (χ0n) is 7.69. The van der Waals surface area contributed by atoms with Crippen LogP contribution in [0.25, 0.3) is 0 Å². The van der Waals surface area contributed by atoms with Crippen molar-refractivity contribution in [2.45, 2.75) is 46.0 Å². The van der Waals surface area contributed by atoms with E-state index >= 15 is 0 Å². The van der Waals surface area contributed by atoms with E-state index in [-0.39, 0.29) is 0 Å². The standard InChI is InChI=1S/C11H18/c1-3-5-11-7-4-6-10(2)8-9-11/h8-9H,3-7H2,1-2H3. The minimum absolute atomic E-state index is 1.29. The first kappa shape index (κ1) is 8.58. The van der Waals surface area contributed by atoms with Crippen molar-refractivity contribution >= 4 is 0 Å². The van der Waals surface area contributed by atoms with Gasteiger partial charge in [0, 0.05) is 0 Å². The largest absolute Gasteiger partial charge is 0.0733 e. The van der Waals surface area contributed by atoms with E-state index < -0.39 is 0 Å². The Balaban J connectivity index is 2.52. The molecular formula is C11H18. The fraction of sp³-hybridized carbons (Fsp3) is 0.636. The summed E-state index contributed by atoms with van der Waals surface area (Å²) in [5, 5.41) is 0. The zero-order valence-corrected chi connectivity index (χ0v) is 7.69. The van der Waals surface area contributed by atoms with Crippen LogP contribution in [0.2, 0.25) is 0 Å². The van der Waals surface area contributed by atoms with Crippen LogP contribution in [0.4, 0.5) is 0 Å². The van der Waals surface area contributed by atoms with Gasteiger partial charge in [0.2, 0.25) is 0 Å². The van der Waals surface area contributed by atoms with E-state index in [4.69, 9.17) is 0 Å². The molecule has 0 aromatic carbocycles. The summed E-state index contributed by atoms with van der Waals surface area (Å²) in [7, 11) is 0. The van der Waals surface area contributed by atoms with Crippen molar-refractivity contribution in [1.29, 1.82) is 0 Å². The Morgan fingerprint density at radius 1 is 1.27 bits per heavy atom. The Morgan fingerprint density at radius 3 is 2.82 bits per heavy atom. The Morgan fingerprint density at radius 2 is 2.09 bits per heavy atom. The Hall–Kier alpha value is -0.520. The molecule has 0 aliphatic heterocycles. The van der Waals surface area contributed by atoms with Crippen LogP contribution in [-0.4, -0.2) is 0 Å². The molecule has 0 atom stereocenters. The van der Waals surface area contributed by atoms with Crippen LogP contribution < -0.4 is 0 Å². The molecule has 0 unspecified atom stereocenters. The lowest BCUT2D eigenvalue weighted by Crippen LogP contribution is -1.81. The van der Waals surface area contributed by atoms with E-state index in [2.05, 4.69) is 26.0 Å². The number of rotatable bonds is 2. The van der Waals surface area contributed by atoms with Crippen molar-refractivity contribution < 1.29 is 0 Å². The molecule has 0 fully saturated rings. The van der Waals surface area contributed by atoms with Crippen molar-refractivity contribution in [3.63, 3.8) is 0 Å². The van der Waals surface area contributed by atoms with Gasteiger partial charge in [0.25, 0.3) is 0 Å². The van der Waals surface area contributed by atoms with Gasteiger partial charge in [-0.25, -0.2) is 0 Å². The average Bonchev–Trinajstić information content (AvgIpc) is 2.17. The van der Waals surface area contributed by atoms with Crippen LogP contribution in [0.5, 0.6) is 0 Å². The minimum atomic E-state index is 1.29. The third-order valence-corrected chi connectivity index (χ3v) is 2.24.